The molecule has 0 saturated heterocycles. The van der Waals surface area contributed by atoms with Crippen LogP contribution in [0.4, 0.5) is 10.2 Å². The molecule has 5 nitrogen and oxygen atoms in total. The maximum Gasteiger partial charge on any atom is 0.324 e. The molecule has 0 spiro atoms. The van der Waals surface area contributed by atoms with Crippen molar-refractivity contribution in [2.24, 2.45) is 4.99 Å². The summed E-state index contributed by atoms with van der Waals surface area (Å²) in [5.74, 6) is 1.06. The van der Waals surface area contributed by atoms with E-state index < -0.39 is 0 Å². The van der Waals surface area contributed by atoms with Crippen LogP contribution in [0.1, 0.15) is 30.7 Å². The lowest BCUT2D eigenvalue weighted by Crippen LogP contribution is -2.10. The van der Waals surface area contributed by atoms with E-state index in [1.807, 2.05) is 39.0 Å². The van der Waals surface area contributed by atoms with Crippen LogP contribution in [0.2, 0.25) is 0 Å². The summed E-state index contributed by atoms with van der Waals surface area (Å²) in [6.45, 7) is 6.53. The fourth-order valence-corrected chi connectivity index (χ4v) is 3.09. The van der Waals surface area contributed by atoms with Crippen molar-refractivity contribution < 1.29 is 9.13 Å². The molecule has 1 N–H and O–H groups in total. The van der Waals surface area contributed by atoms with Crippen molar-refractivity contribution >= 4 is 17.7 Å². The van der Waals surface area contributed by atoms with Crippen LogP contribution in [0.15, 0.2) is 40.4 Å². The summed E-state index contributed by atoms with van der Waals surface area (Å²) in [7, 11) is 0. The second-order valence-corrected chi connectivity index (χ2v) is 6.71. The first-order valence-electron chi connectivity index (χ1n) is 8.48. The number of ether oxygens (including phenoxy) is 1. The van der Waals surface area contributed by atoms with Gasteiger partial charge in [-0.2, -0.15) is 4.98 Å². The smallest absolute Gasteiger partial charge is 0.324 e. The Hall–Kier alpha value is -3.02. The van der Waals surface area contributed by atoms with E-state index in [1.165, 1.54) is 5.57 Å². The van der Waals surface area contributed by atoms with Gasteiger partial charge in [-0.25, -0.2) is 9.37 Å². The zero-order valence-electron chi connectivity index (χ0n) is 14.9. The monoisotopic (exact) mass is 350 g/mol. The number of nitrogens with one attached hydrogen (secondary N) is 1. The number of anilines is 1. The molecule has 0 saturated carbocycles. The van der Waals surface area contributed by atoms with Gasteiger partial charge in [-0.3, -0.25) is 4.99 Å². The molecule has 2 heterocycles. The van der Waals surface area contributed by atoms with Crippen molar-refractivity contribution in [3.8, 4) is 11.8 Å². The quantitative estimate of drug-likeness (QED) is 0.889. The van der Waals surface area contributed by atoms with Gasteiger partial charge in [0, 0.05) is 17.3 Å². The van der Waals surface area contributed by atoms with Gasteiger partial charge in [-0.05, 0) is 50.5 Å². The molecule has 1 aromatic carbocycles. The highest BCUT2D eigenvalue weighted by Gasteiger charge is 2.19. The minimum absolute atomic E-state index is 0.101. The number of halogens is 1. The number of hydrogen-bond acceptors (Lipinski definition) is 5. The molecule has 6 heteroatoms. The normalized spacial score (nSPS) is 15.3. The number of hydrogen-bond donors (Lipinski definition) is 1. The first-order valence-corrected chi connectivity index (χ1v) is 8.48. The standard InChI is InChI=1S/C20H19FN4O/c1-11-6-14-4-5-16(19(21)15(14)7-11)26-20-23-13(3)9-18(25-20)24-17-8-12(2)10-22-17/h4-5,7-9H,6,10H2,1-3H3,(H,22,23,24,25). The van der Waals surface area contributed by atoms with Gasteiger partial charge in [-0.15, -0.1) is 0 Å². The van der Waals surface area contributed by atoms with Crippen LogP contribution in [-0.4, -0.2) is 22.3 Å². The van der Waals surface area contributed by atoms with Crippen molar-refractivity contribution in [2.45, 2.75) is 27.2 Å². The lowest BCUT2D eigenvalue weighted by atomic mass is 10.1. The van der Waals surface area contributed by atoms with E-state index in [2.05, 4.69) is 20.3 Å². The minimum Gasteiger partial charge on any atom is -0.421 e. The second-order valence-electron chi connectivity index (χ2n) is 6.71. The largest absolute Gasteiger partial charge is 0.421 e. The zero-order chi connectivity index (χ0) is 18.3. The van der Waals surface area contributed by atoms with E-state index in [-0.39, 0.29) is 17.6 Å². The van der Waals surface area contributed by atoms with Crippen molar-refractivity contribution in [2.75, 3.05) is 11.9 Å². The van der Waals surface area contributed by atoms with Gasteiger partial charge < -0.3 is 10.1 Å². The lowest BCUT2D eigenvalue weighted by molar-refractivity contribution is 0.410. The summed E-state index contributed by atoms with van der Waals surface area (Å²) < 4.78 is 20.4. The SMILES string of the molecule is CC1=CC(Nc2cc(C)nc(Oc3ccc4c(c3F)C=C(C)C4)n2)=NC1. The van der Waals surface area contributed by atoms with Gasteiger partial charge in [-0.1, -0.05) is 17.7 Å². The van der Waals surface area contributed by atoms with Gasteiger partial charge in [0.25, 0.3) is 0 Å². The topological polar surface area (TPSA) is 59.4 Å². The predicted molar refractivity (Wildman–Crippen MR) is 100 cm³/mol. The third kappa shape index (κ3) is 3.22. The molecule has 1 aliphatic heterocycles. The maximum atomic E-state index is 14.7. The summed E-state index contributed by atoms with van der Waals surface area (Å²) in [5.41, 5.74) is 4.59. The van der Waals surface area contributed by atoms with E-state index in [1.54, 1.807) is 12.1 Å². The number of aliphatic imine (C=N–C) groups is 1. The number of aromatic nitrogens is 2. The molecule has 0 fully saturated rings. The molecule has 132 valence electrons. The van der Waals surface area contributed by atoms with Gasteiger partial charge in [0.1, 0.15) is 11.7 Å². The van der Waals surface area contributed by atoms with E-state index in [9.17, 15) is 4.39 Å². The first kappa shape index (κ1) is 16.4. The summed E-state index contributed by atoms with van der Waals surface area (Å²) in [5, 5.41) is 3.14. The number of amidine groups is 1. The molecule has 0 unspecified atom stereocenters. The minimum atomic E-state index is -0.377. The number of allylic oxidation sites excluding steroid dienone is 1. The molecule has 4 rings (SSSR count). The number of fused-ring (bicyclic) bond motifs is 1. The molecular weight excluding hydrogens is 331 g/mol. The summed E-state index contributed by atoms with van der Waals surface area (Å²) in [6.07, 6.45) is 4.60. The molecule has 0 radical (unpaired) electrons. The lowest BCUT2D eigenvalue weighted by Gasteiger charge is -2.10. The zero-order valence-corrected chi connectivity index (χ0v) is 14.9. The number of aryl methyl sites for hydroxylation is 1. The Morgan fingerprint density at radius 1 is 1.08 bits per heavy atom. The van der Waals surface area contributed by atoms with E-state index in [0.717, 1.165) is 23.4 Å². The van der Waals surface area contributed by atoms with Crippen LogP contribution in [0.3, 0.4) is 0 Å². The first-order chi connectivity index (χ1) is 12.5. The Labute approximate surface area is 151 Å². The predicted octanol–water partition coefficient (Wildman–Crippen LogP) is 4.45. The Balaban J connectivity index is 1.60. The third-order valence-corrected chi connectivity index (χ3v) is 4.27. The Morgan fingerprint density at radius 3 is 2.69 bits per heavy atom. The van der Waals surface area contributed by atoms with Crippen molar-refractivity contribution in [3.63, 3.8) is 0 Å². The molecule has 26 heavy (non-hydrogen) atoms. The molecule has 2 aliphatic rings. The molecule has 0 atom stereocenters. The summed E-state index contributed by atoms with van der Waals surface area (Å²) >= 11 is 0. The molecular formula is C20H19FN4O. The highest BCUT2D eigenvalue weighted by Crippen LogP contribution is 2.33. The fourth-order valence-electron chi connectivity index (χ4n) is 3.09. The highest BCUT2D eigenvalue weighted by atomic mass is 19.1. The second kappa shape index (κ2) is 6.37. The number of rotatable bonds is 3. The maximum absolute atomic E-state index is 14.7. The van der Waals surface area contributed by atoms with Gasteiger partial charge in [0.05, 0.1) is 6.54 Å². The van der Waals surface area contributed by atoms with E-state index >= 15 is 0 Å². The third-order valence-electron chi connectivity index (χ3n) is 4.27. The average Bonchev–Trinajstić information content (AvgIpc) is 3.15. The highest BCUT2D eigenvalue weighted by molar-refractivity contribution is 6.05. The van der Waals surface area contributed by atoms with Crippen LogP contribution in [-0.2, 0) is 6.42 Å². The average molecular weight is 350 g/mol. The van der Waals surface area contributed by atoms with E-state index in [0.29, 0.717) is 23.6 Å². The molecule has 0 bridgehead atoms. The van der Waals surface area contributed by atoms with Crippen molar-refractivity contribution in [1.82, 2.24) is 9.97 Å². The van der Waals surface area contributed by atoms with Crippen LogP contribution < -0.4 is 10.1 Å². The van der Waals surface area contributed by atoms with Gasteiger partial charge >= 0.3 is 6.01 Å². The van der Waals surface area contributed by atoms with Crippen LogP contribution >= 0.6 is 0 Å². The fraction of sp³-hybridized carbons (Fsp3) is 0.250. The molecule has 1 aliphatic carbocycles. The van der Waals surface area contributed by atoms with Gasteiger partial charge in [0.15, 0.2) is 11.6 Å². The van der Waals surface area contributed by atoms with E-state index in [4.69, 9.17) is 4.74 Å². The molecule has 1 aromatic heterocycles. The Kier molecular flexibility index (Phi) is 4.03. The molecule has 0 amide bonds. The Morgan fingerprint density at radius 2 is 1.92 bits per heavy atom. The number of nitrogens with zero attached hydrogens (tertiary/aromatic N) is 3. The number of benzene rings is 1. The van der Waals surface area contributed by atoms with Crippen molar-refractivity contribution in [3.05, 3.63) is 58.1 Å². The Bertz CT molecular complexity index is 992. The summed E-state index contributed by atoms with van der Waals surface area (Å²) in [4.78, 5) is 12.9. The van der Waals surface area contributed by atoms with Crippen molar-refractivity contribution in [1.29, 1.82) is 0 Å². The molecule has 2 aromatic rings. The van der Waals surface area contributed by atoms with Crippen LogP contribution in [0.5, 0.6) is 11.8 Å². The van der Waals surface area contributed by atoms with Crippen LogP contribution in [0, 0.1) is 12.7 Å². The van der Waals surface area contributed by atoms with Crippen LogP contribution in [0.25, 0.3) is 6.08 Å². The van der Waals surface area contributed by atoms with Gasteiger partial charge in [0.2, 0.25) is 0 Å². The summed E-state index contributed by atoms with van der Waals surface area (Å²) in [6, 6.07) is 5.41.